The van der Waals surface area contributed by atoms with E-state index in [2.05, 4.69) is 35.0 Å². The first kappa shape index (κ1) is 10.9. The topological polar surface area (TPSA) is 9.23 Å². The molecule has 68 valence electrons. The second-order valence-electron chi connectivity index (χ2n) is 4.10. The minimum Gasteiger partial charge on any atom is -0.373 e. The quantitative estimate of drug-likeness (QED) is 0.554. The summed E-state index contributed by atoms with van der Waals surface area (Å²) in [6.45, 7) is 6.23. The van der Waals surface area contributed by atoms with Gasteiger partial charge in [-0.2, -0.15) is 0 Å². The van der Waals surface area contributed by atoms with E-state index in [9.17, 15) is 0 Å². The molecule has 0 aromatic carbocycles. The van der Waals surface area contributed by atoms with E-state index in [1.165, 1.54) is 0 Å². The SMILES string of the molecule is CCC(C)OCC[N+](C)(C)C. The van der Waals surface area contributed by atoms with Crippen LogP contribution in [0.2, 0.25) is 0 Å². The molecule has 0 bridgehead atoms. The van der Waals surface area contributed by atoms with E-state index in [0.29, 0.717) is 6.10 Å². The van der Waals surface area contributed by atoms with Crippen LogP contribution in [-0.2, 0) is 4.74 Å². The lowest BCUT2D eigenvalue weighted by atomic mass is 10.3. The molecule has 0 N–H and O–H groups in total. The second kappa shape index (κ2) is 4.73. The fraction of sp³-hybridized carbons (Fsp3) is 1.00. The fourth-order valence-corrected chi connectivity index (χ4v) is 0.646. The van der Waals surface area contributed by atoms with Gasteiger partial charge in [0.05, 0.1) is 33.9 Å². The van der Waals surface area contributed by atoms with E-state index in [4.69, 9.17) is 4.74 Å². The number of likely N-dealkylation sites (N-methyl/N-ethyl adjacent to an activating group) is 1. The minimum absolute atomic E-state index is 0.418. The molecular formula is C9H22NO+. The van der Waals surface area contributed by atoms with Crippen LogP contribution in [0.3, 0.4) is 0 Å². The van der Waals surface area contributed by atoms with Crippen LogP contribution in [0.15, 0.2) is 0 Å². The van der Waals surface area contributed by atoms with Crippen molar-refractivity contribution in [1.82, 2.24) is 0 Å². The number of quaternary nitrogens is 1. The van der Waals surface area contributed by atoms with Gasteiger partial charge in [0.1, 0.15) is 6.54 Å². The summed E-state index contributed by atoms with van der Waals surface area (Å²) in [6.07, 6.45) is 1.53. The first-order chi connectivity index (χ1) is 4.95. The van der Waals surface area contributed by atoms with Gasteiger partial charge in [0.25, 0.3) is 0 Å². The molecular weight excluding hydrogens is 138 g/mol. The Morgan fingerprint density at radius 3 is 2.18 bits per heavy atom. The lowest BCUT2D eigenvalue weighted by Gasteiger charge is -2.24. The standard InChI is InChI=1S/C9H22NO/c1-6-9(2)11-8-7-10(3,4)5/h9H,6-8H2,1-5H3/q+1. The molecule has 2 heteroatoms. The van der Waals surface area contributed by atoms with Gasteiger partial charge in [0, 0.05) is 0 Å². The average Bonchev–Trinajstić information content (AvgIpc) is 1.85. The fourth-order valence-electron chi connectivity index (χ4n) is 0.646. The van der Waals surface area contributed by atoms with Gasteiger partial charge in [0.2, 0.25) is 0 Å². The highest BCUT2D eigenvalue weighted by Crippen LogP contribution is 1.97. The summed E-state index contributed by atoms with van der Waals surface area (Å²) in [5, 5.41) is 0. The molecule has 0 aliphatic carbocycles. The Hall–Kier alpha value is -0.0800. The Bertz CT molecular complexity index is 96.2. The van der Waals surface area contributed by atoms with Crippen molar-refractivity contribution in [2.24, 2.45) is 0 Å². The normalized spacial score (nSPS) is 15.0. The number of rotatable bonds is 5. The molecule has 0 aliphatic rings. The highest BCUT2D eigenvalue weighted by Gasteiger charge is 2.07. The molecule has 11 heavy (non-hydrogen) atoms. The molecule has 2 nitrogen and oxygen atoms in total. The van der Waals surface area contributed by atoms with Crippen LogP contribution < -0.4 is 0 Å². The van der Waals surface area contributed by atoms with Gasteiger partial charge in [-0.05, 0) is 13.3 Å². The lowest BCUT2D eigenvalue weighted by molar-refractivity contribution is -0.870. The molecule has 0 aromatic heterocycles. The van der Waals surface area contributed by atoms with Crippen molar-refractivity contribution in [2.75, 3.05) is 34.3 Å². The van der Waals surface area contributed by atoms with Crippen molar-refractivity contribution < 1.29 is 9.22 Å². The molecule has 0 saturated heterocycles. The van der Waals surface area contributed by atoms with Crippen molar-refractivity contribution in [1.29, 1.82) is 0 Å². The summed E-state index contributed by atoms with van der Waals surface area (Å²) in [7, 11) is 6.54. The van der Waals surface area contributed by atoms with Crippen molar-refractivity contribution in [2.45, 2.75) is 26.4 Å². The third kappa shape index (κ3) is 7.82. The van der Waals surface area contributed by atoms with Crippen molar-refractivity contribution in [3.63, 3.8) is 0 Å². The third-order valence-corrected chi connectivity index (χ3v) is 1.74. The third-order valence-electron chi connectivity index (χ3n) is 1.74. The number of ether oxygens (including phenoxy) is 1. The lowest BCUT2D eigenvalue weighted by Crippen LogP contribution is -2.38. The first-order valence-electron chi connectivity index (χ1n) is 4.37. The molecule has 1 atom stereocenters. The maximum atomic E-state index is 5.55. The van der Waals surface area contributed by atoms with Gasteiger partial charge >= 0.3 is 0 Å². The van der Waals surface area contributed by atoms with Crippen LogP contribution in [0.5, 0.6) is 0 Å². The van der Waals surface area contributed by atoms with E-state index in [1.807, 2.05) is 0 Å². The number of hydrogen-bond acceptors (Lipinski definition) is 1. The van der Waals surface area contributed by atoms with E-state index < -0.39 is 0 Å². The summed E-state index contributed by atoms with van der Waals surface area (Å²) in [4.78, 5) is 0. The Labute approximate surface area is 70.7 Å². The smallest absolute Gasteiger partial charge is 0.102 e. The Morgan fingerprint density at radius 2 is 1.82 bits per heavy atom. The zero-order chi connectivity index (χ0) is 8.91. The molecule has 0 aromatic rings. The largest absolute Gasteiger partial charge is 0.373 e. The Morgan fingerprint density at radius 1 is 1.27 bits per heavy atom. The molecule has 0 fully saturated rings. The van der Waals surface area contributed by atoms with Crippen LogP contribution in [0.1, 0.15) is 20.3 Å². The van der Waals surface area contributed by atoms with Gasteiger partial charge in [0.15, 0.2) is 0 Å². The summed E-state index contributed by atoms with van der Waals surface area (Å²) >= 11 is 0. The van der Waals surface area contributed by atoms with Gasteiger partial charge in [-0.3, -0.25) is 0 Å². The summed E-state index contributed by atoms with van der Waals surface area (Å²) in [5.74, 6) is 0. The van der Waals surface area contributed by atoms with Crippen molar-refractivity contribution in [3.8, 4) is 0 Å². The van der Waals surface area contributed by atoms with E-state index in [-0.39, 0.29) is 0 Å². The molecule has 0 radical (unpaired) electrons. The predicted octanol–water partition coefficient (Wildman–Crippen LogP) is 1.51. The zero-order valence-electron chi connectivity index (χ0n) is 8.55. The van der Waals surface area contributed by atoms with Crippen LogP contribution in [-0.4, -0.2) is 44.9 Å². The van der Waals surface area contributed by atoms with Crippen LogP contribution >= 0.6 is 0 Å². The summed E-state index contributed by atoms with van der Waals surface area (Å²) < 4.78 is 6.53. The monoisotopic (exact) mass is 160 g/mol. The van der Waals surface area contributed by atoms with Crippen LogP contribution in [0.25, 0.3) is 0 Å². The van der Waals surface area contributed by atoms with Gasteiger partial charge in [-0.25, -0.2) is 0 Å². The summed E-state index contributed by atoms with van der Waals surface area (Å²) in [5.41, 5.74) is 0. The van der Waals surface area contributed by atoms with Crippen LogP contribution in [0.4, 0.5) is 0 Å². The molecule has 0 rings (SSSR count). The maximum Gasteiger partial charge on any atom is 0.102 e. The van der Waals surface area contributed by atoms with Gasteiger partial charge in [-0.1, -0.05) is 6.92 Å². The minimum atomic E-state index is 0.418. The zero-order valence-corrected chi connectivity index (χ0v) is 8.55. The molecule has 0 aliphatic heterocycles. The average molecular weight is 160 g/mol. The highest BCUT2D eigenvalue weighted by molar-refractivity contribution is 4.43. The molecule has 0 heterocycles. The Balaban J connectivity index is 3.28. The van der Waals surface area contributed by atoms with E-state index in [1.54, 1.807) is 0 Å². The Kier molecular flexibility index (Phi) is 4.69. The van der Waals surface area contributed by atoms with Crippen molar-refractivity contribution >= 4 is 0 Å². The number of hydrogen-bond donors (Lipinski definition) is 0. The second-order valence-corrected chi connectivity index (χ2v) is 4.10. The molecule has 0 amide bonds. The molecule has 0 saturated carbocycles. The van der Waals surface area contributed by atoms with Gasteiger partial charge in [-0.15, -0.1) is 0 Å². The van der Waals surface area contributed by atoms with Crippen molar-refractivity contribution in [3.05, 3.63) is 0 Å². The summed E-state index contributed by atoms with van der Waals surface area (Å²) in [6, 6.07) is 0. The first-order valence-corrected chi connectivity index (χ1v) is 4.37. The van der Waals surface area contributed by atoms with E-state index >= 15 is 0 Å². The predicted molar refractivity (Wildman–Crippen MR) is 48.6 cm³/mol. The maximum absolute atomic E-state index is 5.55. The number of nitrogens with zero attached hydrogens (tertiary/aromatic N) is 1. The molecule has 1 unspecified atom stereocenters. The van der Waals surface area contributed by atoms with E-state index in [0.717, 1.165) is 24.1 Å². The van der Waals surface area contributed by atoms with Crippen LogP contribution in [0, 0.1) is 0 Å². The van der Waals surface area contributed by atoms with Gasteiger partial charge < -0.3 is 9.22 Å². The highest BCUT2D eigenvalue weighted by atomic mass is 16.5. The molecule has 0 spiro atoms.